The quantitative estimate of drug-likeness (QED) is 0.882. The van der Waals surface area contributed by atoms with E-state index in [1.165, 1.54) is 36.4 Å². The molecule has 0 aliphatic rings. The highest BCUT2D eigenvalue weighted by Crippen LogP contribution is 2.32. The summed E-state index contributed by atoms with van der Waals surface area (Å²) in [6.07, 6.45) is 0. The third-order valence-electron chi connectivity index (χ3n) is 2.43. The first kappa shape index (κ1) is 12.9. The second-order valence-corrected chi connectivity index (χ2v) is 4.46. The molecule has 18 heavy (non-hydrogen) atoms. The fourth-order valence-corrected chi connectivity index (χ4v) is 2.02. The lowest BCUT2D eigenvalue weighted by Crippen LogP contribution is -2.00. The summed E-state index contributed by atoms with van der Waals surface area (Å²) in [6.45, 7) is 0. The Kier molecular flexibility index (Phi) is 3.55. The zero-order valence-corrected chi connectivity index (χ0v) is 10.5. The van der Waals surface area contributed by atoms with Gasteiger partial charge in [-0.2, -0.15) is 0 Å². The van der Waals surface area contributed by atoms with Crippen molar-refractivity contribution in [2.45, 2.75) is 0 Å². The highest BCUT2D eigenvalue weighted by atomic mass is 35.5. The van der Waals surface area contributed by atoms with Crippen molar-refractivity contribution in [3.05, 3.63) is 57.8 Å². The first-order chi connectivity index (χ1) is 8.49. The van der Waals surface area contributed by atoms with E-state index in [9.17, 15) is 9.18 Å². The number of carbonyl (C=O) groups is 1. The monoisotopic (exact) mass is 284 g/mol. The van der Waals surface area contributed by atoms with E-state index in [2.05, 4.69) is 0 Å². The summed E-state index contributed by atoms with van der Waals surface area (Å²) in [5.74, 6) is -1.63. The second-order valence-electron chi connectivity index (χ2n) is 3.62. The molecule has 0 spiro atoms. The fourth-order valence-electron chi connectivity index (χ4n) is 1.63. The molecule has 0 amide bonds. The van der Waals surface area contributed by atoms with E-state index in [1.807, 2.05) is 0 Å². The van der Waals surface area contributed by atoms with Gasteiger partial charge < -0.3 is 5.11 Å². The standard InChI is InChI=1S/C13H7Cl2FO2/c14-7-1-3-9(11(5-7)13(17)18)10-6-8(16)2-4-12(10)15/h1-6H,(H,17,18). The molecule has 0 aliphatic carbocycles. The summed E-state index contributed by atoms with van der Waals surface area (Å²) in [4.78, 5) is 11.1. The molecular weight excluding hydrogens is 278 g/mol. The SMILES string of the molecule is O=C(O)c1cc(Cl)ccc1-c1cc(F)ccc1Cl. The largest absolute Gasteiger partial charge is 0.478 e. The second kappa shape index (κ2) is 4.96. The number of halogens is 3. The lowest BCUT2D eigenvalue weighted by Gasteiger charge is -2.09. The van der Waals surface area contributed by atoms with Gasteiger partial charge in [-0.15, -0.1) is 0 Å². The molecule has 0 radical (unpaired) electrons. The van der Waals surface area contributed by atoms with Crippen LogP contribution in [0.1, 0.15) is 10.4 Å². The topological polar surface area (TPSA) is 37.3 Å². The molecule has 0 heterocycles. The van der Waals surface area contributed by atoms with Crippen LogP contribution in [0.25, 0.3) is 11.1 Å². The van der Waals surface area contributed by atoms with Crippen molar-refractivity contribution >= 4 is 29.2 Å². The van der Waals surface area contributed by atoms with E-state index < -0.39 is 11.8 Å². The first-order valence-corrected chi connectivity index (χ1v) is 5.73. The number of benzene rings is 2. The predicted molar refractivity (Wildman–Crippen MR) is 68.8 cm³/mol. The Morgan fingerprint density at radius 1 is 1.06 bits per heavy atom. The van der Waals surface area contributed by atoms with Gasteiger partial charge in [0.1, 0.15) is 5.82 Å². The molecule has 0 saturated heterocycles. The average molecular weight is 285 g/mol. The minimum atomic E-state index is -1.15. The number of carboxylic acid groups (broad SMARTS) is 1. The van der Waals surface area contributed by atoms with Gasteiger partial charge in [-0.1, -0.05) is 29.3 Å². The molecule has 0 saturated carbocycles. The highest BCUT2D eigenvalue weighted by Gasteiger charge is 2.15. The zero-order valence-electron chi connectivity index (χ0n) is 8.95. The summed E-state index contributed by atoms with van der Waals surface area (Å²) < 4.78 is 13.2. The van der Waals surface area contributed by atoms with E-state index in [0.717, 1.165) is 0 Å². The van der Waals surface area contributed by atoms with E-state index in [1.54, 1.807) is 0 Å². The molecule has 0 atom stereocenters. The van der Waals surface area contributed by atoms with E-state index in [-0.39, 0.29) is 10.6 Å². The van der Waals surface area contributed by atoms with Gasteiger partial charge in [0, 0.05) is 15.6 Å². The molecule has 0 unspecified atom stereocenters. The minimum absolute atomic E-state index is 0.0185. The van der Waals surface area contributed by atoms with Crippen LogP contribution in [-0.4, -0.2) is 11.1 Å². The molecule has 5 heteroatoms. The Morgan fingerprint density at radius 3 is 2.44 bits per heavy atom. The lowest BCUT2D eigenvalue weighted by molar-refractivity contribution is 0.0697. The van der Waals surface area contributed by atoms with E-state index in [0.29, 0.717) is 16.1 Å². The Balaban J connectivity index is 2.70. The van der Waals surface area contributed by atoms with Crippen LogP contribution in [0.2, 0.25) is 10.0 Å². The smallest absolute Gasteiger partial charge is 0.336 e. The number of hydrogen-bond donors (Lipinski definition) is 1. The van der Waals surface area contributed by atoms with Gasteiger partial charge in [0.25, 0.3) is 0 Å². The van der Waals surface area contributed by atoms with Crippen LogP contribution >= 0.6 is 23.2 Å². The molecule has 1 N–H and O–H groups in total. The van der Waals surface area contributed by atoms with E-state index >= 15 is 0 Å². The summed E-state index contributed by atoms with van der Waals surface area (Å²) in [5.41, 5.74) is 0.636. The van der Waals surface area contributed by atoms with Crippen molar-refractivity contribution in [1.29, 1.82) is 0 Å². The van der Waals surface area contributed by atoms with Crippen LogP contribution in [0.3, 0.4) is 0 Å². The minimum Gasteiger partial charge on any atom is -0.478 e. The summed E-state index contributed by atoms with van der Waals surface area (Å²) >= 11 is 11.7. The molecule has 0 aliphatic heterocycles. The van der Waals surface area contributed by atoms with Crippen molar-refractivity contribution in [3.8, 4) is 11.1 Å². The zero-order chi connectivity index (χ0) is 13.3. The maximum atomic E-state index is 13.2. The predicted octanol–water partition coefficient (Wildman–Crippen LogP) is 4.50. The van der Waals surface area contributed by atoms with Gasteiger partial charge >= 0.3 is 5.97 Å². The van der Waals surface area contributed by atoms with Crippen molar-refractivity contribution in [1.82, 2.24) is 0 Å². The van der Waals surface area contributed by atoms with Crippen LogP contribution in [0.4, 0.5) is 4.39 Å². The Labute approximate surface area is 113 Å². The van der Waals surface area contributed by atoms with Gasteiger partial charge in [-0.25, -0.2) is 9.18 Å². The van der Waals surface area contributed by atoms with Gasteiger partial charge in [0.15, 0.2) is 0 Å². The van der Waals surface area contributed by atoms with Crippen molar-refractivity contribution in [2.24, 2.45) is 0 Å². The summed E-state index contributed by atoms with van der Waals surface area (Å²) in [5, 5.41) is 9.69. The fraction of sp³-hybridized carbons (Fsp3) is 0. The van der Waals surface area contributed by atoms with Crippen molar-refractivity contribution in [3.63, 3.8) is 0 Å². The Hall–Kier alpha value is -1.58. The first-order valence-electron chi connectivity index (χ1n) is 4.97. The number of aromatic carboxylic acids is 1. The van der Waals surface area contributed by atoms with Crippen molar-refractivity contribution < 1.29 is 14.3 Å². The van der Waals surface area contributed by atoms with Crippen LogP contribution < -0.4 is 0 Å². The Morgan fingerprint density at radius 2 is 1.78 bits per heavy atom. The average Bonchev–Trinajstić information content (AvgIpc) is 2.32. The van der Waals surface area contributed by atoms with Gasteiger partial charge in [0.05, 0.1) is 5.56 Å². The molecular formula is C13H7Cl2FO2. The van der Waals surface area contributed by atoms with Crippen LogP contribution in [0.15, 0.2) is 36.4 Å². The van der Waals surface area contributed by atoms with Crippen molar-refractivity contribution in [2.75, 3.05) is 0 Å². The molecule has 92 valence electrons. The molecule has 0 aromatic heterocycles. The maximum Gasteiger partial charge on any atom is 0.336 e. The number of carboxylic acids is 1. The van der Waals surface area contributed by atoms with Gasteiger partial charge in [-0.3, -0.25) is 0 Å². The molecule has 2 nitrogen and oxygen atoms in total. The Bertz CT molecular complexity index is 626. The third kappa shape index (κ3) is 2.47. The molecule has 0 bridgehead atoms. The molecule has 2 rings (SSSR count). The number of hydrogen-bond acceptors (Lipinski definition) is 1. The molecule has 2 aromatic rings. The normalized spacial score (nSPS) is 10.4. The summed E-state index contributed by atoms with van der Waals surface area (Å²) in [7, 11) is 0. The van der Waals surface area contributed by atoms with E-state index in [4.69, 9.17) is 28.3 Å². The van der Waals surface area contributed by atoms with Gasteiger partial charge in [-0.05, 0) is 35.9 Å². The lowest BCUT2D eigenvalue weighted by atomic mass is 9.99. The van der Waals surface area contributed by atoms with Crippen LogP contribution in [0, 0.1) is 5.82 Å². The molecule has 2 aromatic carbocycles. The maximum absolute atomic E-state index is 13.2. The molecule has 0 fully saturated rings. The summed E-state index contributed by atoms with van der Waals surface area (Å²) in [6, 6.07) is 8.13. The van der Waals surface area contributed by atoms with Crippen LogP contribution in [-0.2, 0) is 0 Å². The van der Waals surface area contributed by atoms with Gasteiger partial charge in [0.2, 0.25) is 0 Å². The van der Waals surface area contributed by atoms with Crippen LogP contribution in [0.5, 0.6) is 0 Å². The number of rotatable bonds is 2. The third-order valence-corrected chi connectivity index (χ3v) is 3.00. The highest BCUT2D eigenvalue weighted by molar-refractivity contribution is 6.34.